The minimum absolute atomic E-state index is 0.317. The van der Waals surface area contributed by atoms with Crippen LogP contribution in [0.2, 0.25) is 0 Å². The van der Waals surface area contributed by atoms with E-state index in [0.717, 1.165) is 6.07 Å². The molecule has 1 unspecified atom stereocenters. The van der Waals surface area contributed by atoms with E-state index in [2.05, 4.69) is 0 Å². The molecule has 0 aromatic heterocycles. The van der Waals surface area contributed by atoms with E-state index < -0.39 is 17.2 Å². The van der Waals surface area contributed by atoms with Crippen LogP contribution in [0, 0.1) is 11.6 Å². The zero-order chi connectivity index (χ0) is 13.9. The van der Waals surface area contributed by atoms with Gasteiger partial charge in [-0.15, -0.1) is 0 Å². The molecule has 1 fully saturated rings. The van der Waals surface area contributed by atoms with Crippen LogP contribution >= 0.6 is 0 Å². The molecule has 19 heavy (non-hydrogen) atoms. The Morgan fingerprint density at radius 2 is 1.84 bits per heavy atom. The molecular weight excluding hydrogens is 252 g/mol. The summed E-state index contributed by atoms with van der Waals surface area (Å²) >= 11 is 0. The Bertz CT molecular complexity index is 413. The van der Waals surface area contributed by atoms with E-state index in [1.807, 2.05) is 0 Å². The van der Waals surface area contributed by atoms with E-state index >= 15 is 0 Å². The number of benzene rings is 1. The van der Waals surface area contributed by atoms with Gasteiger partial charge in [0.05, 0.1) is 5.60 Å². The number of rotatable bonds is 4. The van der Waals surface area contributed by atoms with Gasteiger partial charge in [0.1, 0.15) is 11.6 Å². The predicted octanol–water partition coefficient (Wildman–Crippen LogP) is 2.03. The molecule has 2 rings (SSSR count). The van der Waals surface area contributed by atoms with E-state index in [0.29, 0.717) is 38.0 Å². The first-order valence-electron chi connectivity index (χ1n) is 6.39. The first-order valence-corrected chi connectivity index (χ1v) is 6.39. The summed E-state index contributed by atoms with van der Waals surface area (Å²) in [5, 5.41) is 0. The summed E-state index contributed by atoms with van der Waals surface area (Å²) in [6, 6.07) is 3.16. The predicted molar refractivity (Wildman–Crippen MR) is 67.8 cm³/mol. The molecule has 1 aliphatic rings. The van der Waals surface area contributed by atoms with E-state index in [1.54, 1.807) is 7.11 Å². The number of methoxy groups -OCH3 is 1. The van der Waals surface area contributed by atoms with Crippen LogP contribution in [-0.2, 0) is 15.9 Å². The number of nitrogens with two attached hydrogens (primary N) is 1. The highest BCUT2D eigenvalue weighted by molar-refractivity contribution is 5.20. The highest BCUT2D eigenvalue weighted by Gasteiger charge is 2.38. The fourth-order valence-electron chi connectivity index (χ4n) is 2.61. The molecule has 0 radical (unpaired) electrons. The van der Waals surface area contributed by atoms with Gasteiger partial charge in [-0.25, -0.2) is 8.78 Å². The summed E-state index contributed by atoms with van der Waals surface area (Å²) in [4.78, 5) is 0. The maximum absolute atomic E-state index is 13.2. The van der Waals surface area contributed by atoms with Crippen molar-refractivity contribution in [3.8, 4) is 0 Å². The quantitative estimate of drug-likeness (QED) is 0.911. The molecule has 1 aliphatic heterocycles. The molecule has 0 aliphatic carbocycles. The van der Waals surface area contributed by atoms with E-state index in [9.17, 15) is 8.78 Å². The molecule has 1 heterocycles. The van der Waals surface area contributed by atoms with Crippen molar-refractivity contribution in [1.29, 1.82) is 0 Å². The largest absolute Gasteiger partial charge is 0.381 e. The Kier molecular flexibility index (Phi) is 4.50. The van der Waals surface area contributed by atoms with Crippen LogP contribution in [0.1, 0.15) is 18.4 Å². The summed E-state index contributed by atoms with van der Waals surface area (Å²) < 4.78 is 37.2. The number of halogens is 2. The molecule has 1 atom stereocenters. The second kappa shape index (κ2) is 5.94. The van der Waals surface area contributed by atoms with Gasteiger partial charge in [-0.3, -0.25) is 0 Å². The second-order valence-corrected chi connectivity index (χ2v) is 4.97. The Morgan fingerprint density at radius 1 is 1.26 bits per heavy atom. The van der Waals surface area contributed by atoms with Crippen molar-refractivity contribution < 1.29 is 18.3 Å². The first kappa shape index (κ1) is 14.4. The van der Waals surface area contributed by atoms with Gasteiger partial charge < -0.3 is 15.2 Å². The van der Waals surface area contributed by atoms with Crippen LogP contribution in [0.25, 0.3) is 0 Å². The van der Waals surface area contributed by atoms with Gasteiger partial charge in [-0.05, 0) is 24.1 Å². The van der Waals surface area contributed by atoms with Crippen LogP contribution < -0.4 is 5.73 Å². The molecule has 1 saturated heterocycles. The maximum atomic E-state index is 13.2. The first-order chi connectivity index (χ1) is 9.05. The van der Waals surface area contributed by atoms with Crippen LogP contribution in [0.5, 0.6) is 0 Å². The molecule has 5 heteroatoms. The van der Waals surface area contributed by atoms with Crippen LogP contribution in [0.3, 0.4) is 0 Å². The monoisotopic (exact) mass is 271 g/mol. The summed E-state index contributed by atoms with van der Waals surface area (Å²) in [6.07, 6.45) is 1.77. The zero-order valence-electron chi connectivity index (χ0n) is 11.0. The molecule has 0 spiro atoms. The number of hydrogen-bond acceptors (Lipinski definition) is 3. The SMILES string of the molecule is COC1(C(N)Cc2cc(F)cc(F)c2)CCOCC1. The van der Waals surface area contributed by atoms with Crippen molar-refractivity contribution in [2.75, 3.05) is 20.3 Å². The minimum atomic E-state index is -0.583. The fraction of sp³-hybridized carbons (Fsp3) is 0.571. The molecule has 1 aromatic carbocycles. The van der Waals surface area contributed by atoms with Crippen molar-refractivity contribution >= 4 is 0 Å². The van der Waals surface area contributed by atoms with Crippen molar-refractivity contribution in [2.24, 2.45) is 5.73 Å². The Labute approximate surface area is 111 Å². The van der Waals surface area contributed by atoms with Crippen LogP contribution in [0.4, 0.5) is 8.78 Å². The molecule has 3 nitrogen and oxygen atoms in total. The lowest BCUT2D eigenvalue weighted by Crippen LogP contribution is -2.53. The average molecular weight is 271 g/mol. The average Bonchev–Trinajstić information content (AvgIpc) is 2.38. The molecule has 2 N–H and O–H groups in total. The Balaban J connectivity index is 2.12. The number of ether oxygens (including phenoxy) is 2. The van der Waals surface area contributed by atoms with Gasteiger partial charge in [0.25, 0.3) is 0 Å². The van der Waals surface area contributed by atoms with Crippen molar-refractivity contribution in [2.45, 2.75) is 30.9 Å². The van der Waals surface area contributed by atoms with E-state index in [4.69, 9.17) is 15.2 Å². The lowest BCUT2D eigenvalue weighted by Gasteiger charge is -2.40. The van der Waals surface area contributed by atoms with Crippen LogP contribution in [0.15, 0.2) is 18.2 Å². The topological polar surface area (TPSA) is 44.5 Å². The summed E-state index contributed by atoms with van der Waals surface area (Å²) in [6.45, 7) is 1.19. The van der Waals surface area contributed by atoms with Gasteiger partial charge in [0, 0.05) is 45.3 Å². The molecule has 1 aromatic rings. The van der Waals surface area contributed by atoms with Crippen molar-refractivity contribution in [1.82, 2.24) is 0 Å². The zero-order valence-corrected chi connectivity index (χ0v) is 11.0. The maximum Gasteiger partial charge on any atom is 0.126 e. The molecule has 106 valence electrons. The summed E-state index contributed by atoms with van der Waals surface area (Å²) in [5.74, 6) is -1.17. The van der Waals surface area contributed by atoms with Crippen molar-refractivity contribution in [3.05, 3.63) is 35.4 Å². The Morgan fingerprint density at radius 3 is 2.37 bits per heavy atom. The molecule has 0 saturated carbocycles. The third kappa shape index (κ3) is 3.29. The third-order valence-corrected chi connectivity index (χ3v) is 3.80. The normalized spacial score (nSPS) is 20.2. The lowest BCUT2D eigenvalue weighted by atomic mass is 9.83. The van der Waals surface area contributed by atoms with Gasteiger partial charge in [-0.1, -0.05) is 0 Å². The van der Waals surface area contributed by atoms with Crippen molar-refractivity contribution in [3.63, 3.8) is 0 Å². The molecule has 0 amide bonds. The van der Waals surface area contributed by atoms with Gasteiger partial charge in [0.15, 0.2) is 0 Å². The minimum Gasteiger partial charge on any atom is -0.381 e. The highest BCUT2D eigenvalue weighted by Crippen LogP contribution is 2.29. The lowest BCUT2D eigenvalue weighted by molar-refractivity contribution is -0.103. The molecular formula is C14H19F2NO2. The third-order valence-electron chi connectivity index (χ3n) is 3.80. The standard InChI is InChI=1S/C14H19F2NO2/c1-18-14(2-4-19-5-3-14)13(17)8-10-6-11(15)9-12(16)7-10/h6-7,9,13H,2-5,8,17H2,1H3. The fourth-order valence-corrected chi connectivity index (χ4v) is 2.61. The summed E-state index contributed by atoms with van der Waals surface area (Å²) in [5.41, 5.74) is 6.28. The van der Waals surface area contributed by atoms with E-state index in [1.165, 1.54) is 12.1 Å². The van der Waals surface area contributed by atoms with Gasteiger partial charge >= 0.3 is 0 Å². The van der Waals surface area contributed by atoms with Crippen LogP contribution in [-0.4, -0.2) is 32.0 Å². The molecule has 0 bridgehead atoms. The summed E-state index contributed by atoms with van der Waals surface area (Å²) in [7, 11) is 1.62. The smallest absolute Gasteiger partial charge is 0.126 e. The second-order valence-electron chi connectivity index (χ2n) is 4.97. The number of hydrogen-bond donors (Lipinski definition) is 1. The van der Waals surface area contributed by atoms with Gasteiger partial charge in [0.2, 0.25) is 0 Å². The Hall–Kier alpha value is -1.04. The van der Waals surface area contributed by atoms with E-state index in [-0.39, 0.29) is 6.04 Å². The highest BCUT2D eigenvalue weighted by atomic mass is 19.1. The van der Waals surface area contributed by atoms with Gasteiger partial charge in [-0.2, -0.15) is 0 Å².